The van der Waals surface area contributed by atoms with Gasteiger partial charge >= 0.3 is 0 Å². The molecule has 0 bridgehead atoms. The number of nitrogens with zero attached hydrogens (tertiary/aromatic N) is 1. The average molecular weight is 280 g/mol. The number of carbonyl (C=O) groups is 1. The van der Waals surface area contributed by atoms with E-state index in [0.717, 1.165) is 29.9 Å². The third-order valence-electron chi connectivity index (χ3n) is 4.53. The summed E-state index contributed by atoms with van der Waals surface area (Å²) in [6, 6.07) is 16.3. The summed E-state index contributed by atoms with van der Waals surface area (Å²) >= 11 is 0. The van der Waals surface area contributed by atoms with Crippen molar-refractivity contribution >= 4 is 17.3 Å². The van der Waals surface area contributed by atoms with Gasteiger partial charge in [0.15, 0.2) is 0 Å². The fraction of sp³-hybridized carbons (Fsp3) is 0.278. The lowest BCUT2D eigenvalue weighted by Gasteiger charge is -2.41. The SMILES string of the molecule is CC(=O)N1CCC(C)(c2ccccc2)c2cc(N)ccc21. The van der Waals surface area contributed by atoms with Crippen LogP contribution in [0.2, 0.25) is 0 Å². The molecule has 3 heteroatoms. The molecule has 1 amide bonds. The maximum atomic E-state index is 11.9. The third kappa shape index (κ3) is 2.19. The molecule has 21 heavy (non-hydrogen) atoms. The van der Waals surface area contributed by atoms with Gasteiger partial charge in [0.2, 0.25) is 5.91 Å². The molecule has 0 fully saturated rings. The van der Waals surface area contributed by atoms with Crippen LogP contribution in [0.3, 0.4) is 0 Å². The molecule has 108 valence electrons. The van der Waals surface area contributed by atoms with Crippen LogP contribution in [0, 0.1) is 0 Å². The van der Waals surface area contributed by atoms with Crippen LogP contribution in [0.25, 0.3) is 0 Å². The number of hydrogen-bond donors (Lipinski definition) is 1. The minimum atomic E-state index is -0.113. The number of amides is 1. The van der Waals surface area contributed by atoms with Gasteiger partial charge in [-0.05, 0) is 35.7 Å². The summed E-state index contributed by atoms with van der Waals surface area (Å²) in [5, 5.41) is 0. The minimum absolute atomic E-state index is 0.0798. The lowest BCUT2D eigenvalue weighted by molar-refractivity contribution is -0.116. The van der Waals surface area contributed by atoms with Crippen molar-refractivity contribution < 1.29 is 4.79 Å². The molecule has 0 aliphatic carbocycles. The van der Waals surface area contributed by atoms with Gasteiger partial charge in [-0.15, -0.1) is 0 Å². The second kappa shape index (κ2) is 4.92. The second-order valence-corrected chi connectivity index (χ2v) is 5.90. The van der Waals surface area contributed by atoms with Gasteiger partial charge in [-0.3, -0.25) is 4.79 Å². The van der Waals surface area contributed by atoms with Crippen LogP contribution in [0.5, 0.6) is 0 Å². The standard InChI is InChI=1S/C18H20N2O/c1-13(21)20-11-10-18(2,14-6-4-3-5-7-14)16-12-15(19)8-9-17(16)20/h3-9,12H,10-11,19H2,1-2H3. The molecule has 0 radical (unpaired) electrons. The zero-order valence-corrected chi connectivity index (χ0v) is 12.5. The Hall–Kier alpha value is -2.29. The highest BCUT2D eigenvalue weighted by Gasteiger charge is 2.37. The first-order chi connectivity index (χ1) is 10.0. The molecule has 1 heterocycles. The summed E-state index contributed by atoms with van der Waals surface area (Å²) < 4.78 is 0. The normalized spacial score (nSPS) is 21.0. The molecule has 0 saturated heterocycles. The third-order valence-corrected chi connectivity index (χ3v) is 4.53. The molecule has 2 aromatic rings. The molecule has 1 aliphatic rings. The summed E-state index contributed by atoms with van der Waals surface area (Å²) in [5.74, 6) is 0.0798. The van der Waals surface area contributed by atoms with E-state index < -0.39 is 0 Å². The van der Waals surface area contributed by atoms with Crippen LogP contribution in [0.4, 0.5) is 11.4 Å². The quantitative estimate of drug-likeness (QED) is 0.814. The Morgan fingerprint density at radius 1 is 1.19 bits per heavy atom. The van der Waals surface area contributed by atoms with Crippen molar-refractivity contribution in [3.63, 3.8) is 0 Å². The Morgan fingerprint density at radius 2 is 1.90 bits per heavy atom. The minimum Gasteiger partial charge on any atom is -0.399 e. The van der Waals surface area contributed by atoms with E-state index in [1.165, 1.54) is 5.56 Å². The van der Waals surface area contributed by atoms with E-state index in [9.17, 15) is 4.79 Å². The summed E-state index contributed by atoms with van der Waals surface area (Å²) in [4.78, 5) is 13.7. The Balaban J connectivity index is 2.20. The second-order valence-electron chi connectivity index (χ2n) is 5.90. The summed E-state index contributed by atoms with van der Waals surface area (Å²) in [6.07, 6.45) is 0.896. The van der Waals surface area contributed by atoms with Crippen molar-refractivity contribution in [2.24, 2.45) is 0 Å². The smallest absolute Gasteiger partial charge is 0.223 e. The number of anilines is 2. The van der Waals surface area contributed by atoms with Gasteiger partial charge < -0.3 is 10.6 Å². The molecular formula is C18H20N2O. The number of nitrogen functional groups attached to an aromatic ring is 1. The molecule has 0 aromatic heterocycles. The van der Waals surface area contributed by atoms with Crippen molar-refractivity contribution in [3.05, 3.63) is 59.7 Å². The summed E-state index contributed by atoms with van der Waals surface area (Å²) in [5.41, 5.74) is 10.0. The Labute approximate surface area is 125 Å². The lowest BCUT2D eigenvalue weighted by Crippen LogP contribution is -2.41. The van der Waals surface area contributed by atoms with Gasteiger partial charge in [0, 0.05) is 30.3 Å². The van der Waals surface area contributed by atoms with Crippen molar-refractivity contribution in [2.75, 3.05) is 17.2 Å². The van der Waals surface area contributed by atoms with Gasteiger partial charge in [0.05, 0.1) is 0 Å². The predicted molar refractivity (Wildman–Crippen MR) is 86.4 cm³/mol. The number of benzene rings is 2. The van der Waals surface area contributed by atoms with E-state index in [1.54, 1.807) is 6.92 Å². The van der Waals surface area contributed by atoms with Crippen molar-refractivity contribution in [2.45, 2.75) is 25.7 Å². The number of hydrogen-bond acceptors (Lipinski definition) is 2. The average Bonchev–Trinajstić information content (AvgIpc) is 2.49. The summed E-state index contributed by atoms with van der Waals surface area (Å²) in [7, 11) is 0. The molecule has 3 rings (SSSR count). The van der Waals surface area contributed by atoms with E-state index in [2.05, 4.69) is 31.2 Å². The van der Waals surface area contributed by atoms with Crippen molar-refractivity contribution in [3.8, 4) is 0 Å². The largest absolute Gasteiger partial charge is 0.399 e. The first kappa shape index (κ1) is 13.7. The highest BCUT2D eigenvalue weighted by Crippen LogP contribution is 2.45. The molecule has 1 unspecified atom stereocenters. The van der Waals surface area contributed by atoms with E-state index in [1.807, 2.05) is 29.2 Å². The first-order valence-corrected chi connectivity index (χ1v) is 7.26. The number of fused-ring (bicyclic) bond motifs is 1. The molecule has 2 N–H and O–H groups in total. The van der Waals surface area contributed by atoms with Gasteiger partial charge in [-0.1, -0.05) is 37.3 Å². The van der Waals surface area contributed by atoms with Gasteiger partial charge in [-0.25, -0.2) is 0 Å². The fourth-order valence-corrected chi connectivity index (χ4v) is 3.25. The van der Waals surface area contributed by atoms with Crippen LogP contribution in [-0.2, 0) is 10.2 Å². The lowest BCUT2D eigenvalue weighted by atomic mass is 9.71. The number of carbonyl (C=O) groups excluding carboxylic acids is 1. The number of nitrogens with two attached hydrogens (primary N) is 1. The van der Waals surface area contributed by atoms with Gasteiger partial charge in [0.1, 0.15) is 0 Å². The highest BCUT2D eigenvalue weighted by molar-refractivity contribution is 5.93. The van der Waals surface area contributed by atoms with E-state index in [0.29, 0.717) is 0 Å². The molecule has 0 spiro atoms. The maximum absolute atomic E-state index is 11.9. The van der Waals surface area contributed by atoms with Crippen LogP contribution in [0.1, 0.15) is 31.4 Å². The highest BCUT2D eigenvalue weighted by atomic mass is 16.2. The fourth-order valence-electron chi connectivity index (χ4n) is 3.25. The van der Waals surface area contributed by atoms with Crippen LogP contribution < -0.4 is 10.6 Å². The Bertz CT molecular complexity index is 681. The monoisotopic (exact) mass is 280 g/mol. The maximum Gasteiger partial charge on any atom is 0.223 e. The molecule has 2 aromatic carbocycles. The van der Waals surface area contributed by atoms with Gasteiger partial charge in [0.25, 0.3) is 0 Å². The number of rotatable bonds is 1. The Morgan fingerprint density at radius 3 is 2.57 bits per heavy atom. The zero-order valence-electron chi connectivity index (χ0n) is 12.5. The van der Waals surface area contributed by atoms with E-state index >= 15 is 0 Å². The zero-order chi connectivity index (χ0) is 15.0. The van der Waals surface area contributed by atoms with Crippen LogP contribution >= 0.6 is 0 Å². The van der Waals surface area contributed by atoms with Crippen molar-refractivity contribution in [1.82, 2.24) is 0 Å². The van der Waals surface area contributed by atoms with Gasteiger partial charge in [-0.2, -0.15) is 0 Å². The van der Waals surface area contributed by atoms with E-state index in [4.69, 9.17) is 5.73 Å². The molecule has 0 saturated carbocycles. The molecule has 1 aliphatic heterocycles. The Kier molecular flexibility index (Phi) is 3.20. The van der Waals surface area contributed by atoms with E-state index in [-0.39, 0.29) is 11.3 Å². The van der Waals surface area contributed by atoms with Crippen molar-refractivity contribution in [1.29, 1.82) is 0 Å². The molecule has 1 atom stereocenters. The predicted octanol–water partition coefficient (Wildman–Crippen LogP) is 3.33. The van der Waals surface area contributed by atoms with Crippen LogP contribution in [0.15, 0.2) is 48.5 Å². The topological polar surface area (TPSA) is 46.3 Å². The first-order valence-electron chi connectivity index (χ1n) is 7.26. The van der Waals surface area contributed by atoms with Crippen LogP contribution in [-0.4, -0.2) is 12.5 Å². The molecular weight excluding hydrogens is 260 g/mol. The molecule has 3 nitrogen and oxygen atoms in total. The summed E-state index contributed by atoms with van der Waals surface area (Å²) in [6.45, 7) is 4.58.